The van der Waals surface area contributed by atoms with Gasteiger partial charge in [0.15, 0.2) is 6.10 Å². The molecule has 0 aromatic heterocycles. The highest BCUT2D eigenvalue weighted by molar-refractivity contribution is 7.47. The van der Waals surface area contributed by atoms with E-state index in [9.17, 15) is 28.9 Å². The van der Waals surface area contributed by atoms with E-state index in [1.165, 1.54) is 19.3 Å². The van der Waals surface area contributed by atoms with Gasteiger partial charge in [0.2, 0.25) is 0 Å². The van der Waals surface area contributed by atoms with Crippen LogP contribution in [0.15, 0.2) is 109 Å². The lowest BCUT2D eigenvalue weighted by Crippen LogP contribution is -2.34. The maximum absolute atomic E-state index is 12.6. The molecule has 4 atom stereocenters. The maximum Gasteiger partial charge on any atom is 0.472 e. The van der Waals surface area contributed by atoms with E-state index in [1.54, 1.807) is 6.08 Å². The molecule has 0 amide bonds. The number of allylic oxidation sites excluding steroid dienone is 16. The van der Waals surface area contributed by atoms with Gasteiger partial charge in [0.1, 0.15) is 12.6 Å². The van der Waals surface area contributed by atoms with Crippen molar-refractivity contribution in [2.45, 2.75) is 141 Å². The number of carbonyl (C=O) groups excluding carboxylic acids is 2. The minimum atomic E-state index is -4.77. The van der Waals surface area contributed by atoms with Gasteiger partial charge in [-0.3, -0.25) is 23.4 Å². The van der Waals surface area contributed by atoms with Crippen molar-refractivity contribution in [2.24, 2.45) is 5.73 Å². The van der Waals surface area contributed by atoms with Gasteiger partial charge < -0.3 is 30.3 Å². The van der Waals surface area contributed by atoms with Gasteiger partial charge in [-0.15, -0.1) is 0 Å². The molecule has 0 bridgehead atoms. The summed E-state index contributed by atoms with van der Waals surface area (Å²) >= 11 is 0. The van der Waals surface area contributed by atoms with Crippen LogP contribution >= 0.6 is 7.82 Å². The number of phosphoric ester groups is 1. The van der Waals surface area contributed by atoms with Crippen LogP contribution in [0.4, 0.5) is 0 Å². The lowest BCUT2D eigenvalue weighted by atomic mass is 10.2. The molecule has 0 spiro atoms. The summed E-state index contributed by atoms with van der Waals surface area (Å²) in [4.78, 5) is 45.9. The quantitative estimate of drug-likeness (QED) is 0.0152. The fourth-order valence-corrected chi connectivity index (χ4v) is 5.54. The smallest absolute Gasteiger partial charge is 0.472 e. The highest BCUT2D eigenvalue weighted by atomic mass is 31.2. The fourth-order valence-electron chi connectivity index (χ4n) is 4.76. The molecule has 12 nitrogen and oxygen atoms in total. The van der Waals surface area contributed by atoms with E-state index in [0.717, 1.165) is 38.5 Å². The van der Waals surface area contributed by atoms with Gasteiger partial charge in [-0.05, 0) is 83.5 Å². The number of hydrogen-bond acceptors (Lipinski definition) is 10. The molecule has 59 heavy (non-hydrogen) atoms. The van der Waals surface area contributed by atoms with Crippen molar-refractivity contribution in [1.82, 2.24) is 0 Å². The molecule has 0 rings (SSSR count). The minimum Gasteiger partial charge on any atom is -0.480 e. The topological polar surface area (TPSA) is 192 Å². The highest BCUT2D eigenvalue weighted by Gasteiger charge is 2.28. The fraction of sp³-hybridized carbons (Fsp3) is 0.543. The number of ether oxygens (including phenoxy) is 2. The first-order valence-electron chi connectivity index (χ1n) is 21.0. The molecular weight excluding hydrogens is 773 g/mol. The summed E-state index contributed by atoms with van der Waals surface area (Å²) in [6.45, 7) is 2.43. The zero-order valence-electron chi connectivity index (χ0n) is 35.4. The Labute approximate surface area is 353 Å². The second-order valence-electron chi connectivity index (χ2n) is 13.6. The molecule has 0 fully saturated rings. The Bertz CT molecular complexity index is 1430. The number of aliphatic hydroxyl groups excluding tert-OH is 1. The van der Waals surface area contributed by atoms with Gasteiger partial charge in [-0.25, -0.2) is 4.57 Å². The Morgan fingerprint density at radius 2 is 1.14 bits per heavy atom. The lowest BCUT2D eigenvalue weighted by Gasteiger charge is -2.20. The largest absolute Gasteiger partial charge is 0.480 e. The lowest BCUT2D eigenvalue weighted by molar-refractivity contribution is -0.161. The van der Waals surface area contributed by atoms with Crippen LogP contribution < -0.4 is 5.73 Å². The Hall–Kier alpha value is -3.90. The van der Waals surface area contributed by atoms with Crippen molar-refractivity contribution in [3.05, 3.63) is 109 Å². The van der Waals surface area contributed by atoms with Crippen LogP contribution in [0, 0.1) is 0 Å². The van der Waals surface area contributed by atoms with Crippen molar-refractivity contribution in [3.8, 4) is 0 Å². The number of carboxylic acid groups (broad SMARTS) is 1. The molecule has 0 radical (unpaired) electrons. The molecule has 0 aromatic carbocycles. The third kappa shape index (κ3) is 39.3. The number of unbranched alkanes of at least 4 members (excludes halogenated alkanes) is 5. The van der Waals surface area contributed by atoms with E-state index in [1.807, 2.05) is 54.7 Å². The average molecular weight is 846 g/mol. The predicted molar refractivity (Wildman–Crippen MR) is 236 cm³/mol. The first kappa shape index (κ1) is 55.1. The van der Waals surface area contributed by atoms with E-state index >= 15 is 0 Å². The molecular formula is C46H72NO11P. The Kier molecular flexibility index (Phi) is 36.9. The van der Waals surface area contributed by atoms with Crippen LogP contribution in [0.1, 0.15) is 123 Å². The number of aliphatic carboxylic acids is 1. The number of carboxylic acids is 1. The molecule has 0 aliphatic rings. The molecule has 0 heterocycles. The van der Waals surface area contributed by atoms with Gasteiger partial charge in [0.25, 0.3) is 0 Å². The van der Waals surface area contributed by atoms with Crippen molar-refractivity contribution in [1.29, 1.82) is 0 Å². The number of phosphoric acid groups is 1. The van der Waals surface area contributed by atoms with Crippen LogP contribution in [0.25, 0.3) is 0 Å². The number of hydrogen-bond donors (Lipinski definition) is 4. The van der Waals surface area contributed by atoms with Gasteiger partial charge in [0.05, 0.1) is 19.3 Å². The maximum atomic E-state index is 12.6. The van der Waals surface area contributed by atoms with E-state index in [2.05, 4.69) is 67.0 Å². The zero-order valence-corrected chi connectivity index (χ0v) is 36.3. The van der Waals surface area contributed by atoms with Crippen LogP contribution in [0.3, 0.4) is 0 Å². The summed E-state index contributed by atoms with van der Waals surface area (Å²) in [7, 11) is -4.77. The third-order valence-corrected chi connectivity index (χ3v) is 9.04. The molecule has 0 aliphatic carbocycles. The summed E-state index contributed by atoms with van der Waals surface area (Å²) < 4.78 is 32.5. The van der Waals surface area contributed by atoms with E-state index in [0.29, 0.717) is 38.5 Å². The number of rotatable bonds is 37. The van der Waals surface area contributed by atoms with Crippen molar-refractivity contribution in [3.63, 3.8) is 0 Å². The van der Waals surface area contributed by atoms with Gasteiger partial charge in [-0.1, -0.05) is 136 Å². The Balaban J connectivity index is 4.66. The van der Waals surface area contributed by atoms with Crippen LogP contribution in [0.5, 0.6) is 0 Å². The second-order valence-corrected chi connectivity index (χ2v) is 15.0. The summed E-state index contributed by atoms with van der Waals surface area (Å²) in [5.41, 5.74) is 5.32. The average Bonchev–Trinajstić information content (AvgIpc) is 3.21. The van der Waals surface area contributed by atoms with E-state index in [-0.39, 0.29) is 12.8 Å². The van der Waals surface area contributed by atoms with Crippen molar-refractivity contribution < 1.29 is 52.6 Å². The molecule has 332 valence electrons. The van der Waals surface area contributed by atoms with Gasteiger partial charge in [0, 0.05) is 12.8 Å². The number of nitrogens with two attached hydrogens (primary N) is 1. The Morgan fingerprint density at radius 3 is 1.71 bits per heavy atom. The van der Waals surface area contributed by atoms with Crippen LogP contribution in [-0.2, 0) is 37.5 Å². The van der Waals surface area contributed by atoms with Crippen LogP contribution in [0.2, 0.25) is 0 Å². The first-order chi connectivity index (χ1) is 28.5. The Morgan fingerprint density at radius 1 is 0.627 bits per heavy atom. The standard InChI is InChI=1S/C46H72NO11P/c1-3-5-7-9-11-12-13-14-15-16-17-18-19-20-25-29-33-37-45(50)58-42(39-56-59(53,54)57-40-43(47)46(51)52)38-55-44(49)36-32-28-24-22-21-23-27-31-35-41(48)34-30-26-10-8-6-4-2/h6,8,11-12,14-15,17-18,20,22-27,30-31,35,41-43,48H,3-5,7,9-10,13,16,19,21,28-29,32-34,36-40,47H2,1-2H3,(H,51,52)(H,53,54)/b8-6-,12-11-,15-14-,18-17-,24-22-,25-20-,27-23-,30-26-,35-31+/t41?,42-,43+/m1/s1. The zero-order chi connectivity index (χ0) is 43.7. The molecule has 0 saturated carbocycles. The number of carbonyl (C=O) groups is 3. The molecule has 0 aliphatic heterocycles. The summed E-state index contributed by atoms with van der Waals surface area (Å²) in [5, 5.41) is 18.9. The normalized spacial score (nSPS) is 15.3. The van der Waals surface area contributed by atoms with Crippen molar-refractivity contribution >= 4 is 25.7 Å². The van der Waals surface area contributed by atoms with Gasteiger partial charge >= 0.3 is 25.7 Å². The predicted octanol–water partition coefficient (Wildman–Crippen LogP) is 10.0. The minimum absolute atomic E-state index is 0.0536. The molecule has 0 saturated heterocycles. The highest BCUT2D eigenvalue weighted by Crippen LogP contribution is 2.43. The monoisotopic (exact) mass is 845 g/mol. The second kappa shape index (κ2) is 39.6. The third-order valence-electron chi connectivity index (χ3n) is 8.09. The SMILES string of the molecule is CC/C=C\C/C=C\CC(O)/C=C/C=C\C/C=C\CCCC(=O)OC[C@H](COP(=O)(O)OC[C@H](N)C(=O)O)OC(=O)CCC/C=C\C/C=C\C/C=C\C/C=C\CCCCC. The van der Waals surface area contributed by atoms with Gasteiger partial charge in [-0.2, -0.15) is 0 Å². The molecule has 0 aromatic rings. The first-order valence-corrected chi connectivity index (χ1v) is 22.5. The summed E-state index contributed by atoms with van der Waals surface area (Å²) in [6.07, 6.45) is 47.7. The number of aliphatic hydroxyl groups is 1. The van der Waals surface area contributed by atoms with Crippen molar-refractivity contribution in [2.75, 3.05) is 19.8 Å². The number of esters is 2. The molecule has 2 unspecified atom stereocenters. The van der Waals surface area contributed by atoms with E-state index < -0.39 is 63.8 Å². The summed E-state index contributed by atoms with van der Waals surface area (Å²) in [5.74, 6) is -2.59. The van der Waals surface area contributed by atoms with E-state index in [4.69, 9.17) is 24.8 Å². The molecule has 5 N–H and O–H groups in total. The molecule has 13 heteroatoms. The summed E-state index contributed by atoms with van der Waals surface area (Å²) in [6, 6.07) is -1.55. The van der Waals surface area contributed by atoms with Crippen LogP contribution in [-0.4, -0.2) is 71.1 Å².